The van der Waals surface area contributed by atoms with Crippen LogP contribution >= 0.6 is 0 Å². The van der Waals surface area contributed by atoms with Gasteiger partial charge in [-0.1, -0.05) is 19.9 Å². The Kier molecular flexibility index (Phi) is 3.79. The first-order chi connectivity index (χ1) is 13.5. The molecule has 1 aromatic carbocycles. The zero-order valence-corrected chi connectivity index (χ0v) is 16.0. The number of aromatic nitrogens is 2. The molecule has 7 nitrogen and oxygen atoms in total. The van der Waals surface area contributed by atoms with Gasteiger partial charge in [-0.15, -0.1) is 0 Å². The number of anilines is 4. The zero-order valence-electron chi connectivity index (χ0n) is 16.0. The number of amides is 1. The number of nitrogens with one attached hydrogen (secondary N) is 3. The third-order valence-electron chi connectivity index (χ3n) is 5.48. The highest BCUT2D eigenvalue weighted by Crippen LogP contribution is 2.38. The summed E-state index contributed by atoms with van der Waals surface area (Å²) in [7, 11) is 0. The molecule has 2 aliphatic rings. The number of fused-ring (bicyclic) bond motifs is 2. The van der Waals surface area contributed by atoms with Crippen molar-refractivity contribution >= 4 is 40.1 Å². The monoisotopic (exact) mass is 377 g/mol. The van der Waals surface area contributed by atoms with Crippen LogP contribution in [0.3, 0.4) is 0 Å². The summed E-state index contributed by atoms with van der Waals surface area (Å²) >= 11 is 0. The fourth-order valence-electron chi connectivity index (χ4n) is 3.66. The van der Waals surface area contributed by atoms with Crippen LogP contribution in [0.15, 0.2) is 34.9 Å². The first kappa shape index (κ1) is 17.0. The molecule has 0 saturated heterocycles. The molecule has 144 valence electrons. The van der Waals surface area contributed by atoms with Crippen molar-refractivity contribution in [2.75, 3.05) is 16.0 Å². The number of carbonyl (C=O) groups excluding carboxylic acids is 1. The van der Waals surface area contributed by atoms with E-state index in [-0.39, 0.29) is 11.3 Å². The second-order valence-corrected chi connectivity index (χ2v) is 8.27. The smallest absolute Gasteiger partial charge is 0.229 e. The lowest BCUT2D eigenvalue weighted by atomic mass is 9.80. The lowest BCUT2D eigenvalue weighted by molar-refractivity contribution is -0.116. The van der Waals surface area contributed by atoms with E-state index in [2.05, 4.69) is 45.8 Å². The highest BCUT2D eigenvalue weighted by molar-refractivity contribution is 5.93. The molecule has 1 aliphatic heterocycles. The number of rotatable bonds is 4. The van der Waals surface area contributed by atoms with Gasteiger partial charge < -0.3 is 20.4 Å². The van der Waals surface area contributed by atoms with Crippen molar-refractivity contribution in [3.8, 4) is 0 Å². The minimum absolute atomic E-state index is 0.0518. The highest BCUT2D eigenvalue weighted by atomic mass is 16.3. The van der Waals surface area contributed by atoms with Crippen molar-refractivity contribution in [1.29, 1.82) is 0 Å². The van der Waals surface area contributed by atoms with E-state index in [4.69, 9.17) is 4.42 Å². The molecule has 7 heteroatoms. The summed E-state index contributed by atoms with van der Waals surface area (Å²) in [6.45, 7) is 4.34. The largest absolute Gasteiger partial charge is 0.459 e. The standard InChI is InChI=1S/C21H23N5O2/c1-21(2)9-7-17(27)24-16-11-13(5-6-14(16)21)23-20-25-15-8-10-28-18(15)19(26-20)22-12-3-4-12/h5-6,8,10-12H,3-4,7,9H2,1-2H3,(H,24,27)(H2,22,23,25,26). The maximum atomic E-state index is 12.1. The van der Waals surface area contributed by atoms with E-state index in [0.29, 0.717) is 29.8 Å². The second-order valence-electron chi connectivity index (χ2n) is 8.27. The van der Waals surface area contributed by atoms with Gasteiger partial charge in [0, 0.05) is 29.9 Å². The molecule has 3 N–H and O–H groups in total. The van der Waals surface area contributed by atoms with E-state index in [1.165, 1.54) is 0 Å². The lowest BCUT2D eigenvalue weighted by Gasteiger charge is -2.24. The predicted octanol–water partition coefficient (Wildman–Crippen LogP) is 4.55. The maximum Gasteiger partial charge on any atom is 0.229 e. The van der Waals surface area contributed by atoms with Gasteiger partial charge in [-0.2, -0.15) is 4.98 Å². The van der Waals surface area contributed by atoms with Crippen LogP contribution in [0.5, 0.6) is 0 Å². The van der Waals surface area contributed by atoms with Gasteiger partial charge in [-0.3, -0.25) is 4.79 Å². The summed E-state index contributed by atoms with van der Waals surface area (Å²) in [5, 5.41) is 9.71. The van der Waals surface area contributed by atoms with Gasteiger partial charge in [0.05, 0.1) is 6.26 Å². The third kappa shape index (κ3) is 3.17. The molecule has 5 rings (SSSR count). The molecule has 0 atom stereocenters. The Balaban J connectivity index is 1.48. The van der Waals surface area contributed by atoms with E-state index >= 15 is 0 Å². The molecule has 1 aliphatic carbocycles. The molecule has 1 fully saturated rings. The SMILES string of the molecule is CC1(C)CCC(=O)Nc2cc(Nc3nc(NC4CC4)c4occc4n3)ccc21. The van der Waals surface area contributed by atoms with E-state index in [0.717, 1.165) is 41.7 Å². The summed E-state index contributed by atoms with van der Waals surface area (Å²) in [6.07, 6.45) is 5.28. The second kappa shape index (κ2) is 6.22. The fourth-order valence-corrected chi connectivity index (χ4v) is 3.66. The van der Waals surface area contributed by atoms with Crippen LogP contribution in [0, 0.1) is 0 Å². The van der Waals surface area contributed by atoms with Gasteiger partial charge >= 0.3 is 0 Å². The molecule has 1 amide bonds. The number of hydrogen-bond acceptors (Lipinski definition) is 6. The van der Waals surface area contributed by atoms with Gasteiger partial charge in [-0.05, 0) is 42.4 Å². The normalized spacial score (nSPS) is 18.3. The molecule has 28 heavy (non-hydrogen) atoms. The van der Waals surface area contributed by atoms with Crippen molar-refractivity contribution < 1.29 is 9.21 Å². The Labute approximate surface area is 162 Å². The lowest BCUT2D eigenvalue weighted by Crippen LogP contribution is -2.16. The average molecular weight is 377 g/mol. The number of carbonyl (C=O) groups is 1. The van der Waals surface area contributed by atoms with Crippen LogP contribution in [-0.4, -0.2) is 21.9 Å². The minimum Gasteiger partial charge on any atom is -0.459 e. The van der Waals surface area contributed by atoms with Crippen LogP contribution in [0.4, 0.5) is 23.1 Å². The molecule has 3 aromatic rings. The Bertz CT molecular complexity index is 1070. The summed E-state index contributed by atoms with van der Waals surface area (Å²) < 4.78 is 5.54. The summed E-state index contributed by atoms with van der Waals surface area (Å²) in [4.78, 5) is 21.3. The fraction of sp³-hybridized carbons (Fsp3) is 0.381. The molecule has 0 radical (unpaired) electrons. The molecule has 0 spiro atoms. The van der Waals surface area contributed by atoms with Crippen LogP contribution in [0.2, 0.25) is 0 Å². The van der Waals surface area contributed by atoms with Gasteiger partial charge in [0.25, 0.3) is 0 Å². The number of nitrogens with zero attached hydrogens (tertiary/aromatic N) is 2. The molecular weight excluding hydrogens is 354 g/mol. The Morgan fingerprint density at radius 1 is 1.21 bits per heavy atom. The van der Waals surface area contributed by atoms with Gasteiger partial charge in [0.15, 0.2) is 11.4 Å². The van der Waals surface area contributed by atoms with E-state index in [9.17, 15) is 4.79 Å². The first-order valence-electron chi connectivity index (χ1n) is 9.71. The third-order valence-corrected chi connectivity index (χ3v) is 5.48. The quantitative estimate of drug-likeness (QED) is 0.618. The molecule has 0 unspecified atom stereocenters. The summed E-state index contributed by atoms with van der Waals surface area (Å²) in [5.41, 5.74) is 4.19. The number of furan rings is 1. The van der Waals surface area contributed by atoms with E-state index in [1.54, 1.807) is 6.26 Å². The molecular formula is C21H23N5O2. The zero-order chi connectivity index (χ0) is 19.3. The summed E-state index contributed by atoms with van der Waals surface area (Å²) in [6, 6.07) is 8.33. The van der Waals surface area contributed by atoms with Crippen molar-refractivity contribution in [1.82, 2.24) is 9.97 Å². The molecule has 2 aromatic heterocycles. The molecule has 3 heterocycles. The topological polar surface area (TPSA) is 92.1 Å². The van der Waals surface area contributed by atoms with Crippen molar-refractivity contribution in [3.63, 3.8) is 0 Å². The van der Waals surface area contributed by atoms with Gasteiger partial charge in [0.1, 0.15) is 5.52 Å². The van der Waals surface area contributed by atoms with Crippen molar-refractivity contribution in [3.05, 3.63) is 36.1 Å². The van der Waals surface area contributed by atoms with E-state index in [1.807, 2.05) is 18.2 Å². The minimum atomic E-state index is -0.0550. The Hall–Kier alpha value is -3.09. The first-order valence-corrected chi connectivity index (χ1v) is 9.71. The Morgan fingerprint density at radius 3 is 2.89 bits per heavy atom. The number of benzene rings is 1. The van der Waals surface area contributed by atoms with Crippen molar-refractivity contribution in [2.45, 2.75) is 51.0 Å². The van der Waals surface area contributed by atoms with Gasteiger partial charge in [-0.25, -0.2) is 4.98 Å². The maximum absolute atomic E-state index is 12.1. The van der Waals surface area contributed by atoms with Crippen LogP contribution in [-0.2, 0) is 10.2 Å². The molecule has 1 saturated carbocycles. The van der Waals surface area contributed by atoms with Crippen LogP contribution < -0.4 is 16.0 Å². The molecule has 0 bridgehead atoms. The van der Waals surface area contributed by atoms with Gasteiger partial charge in [0.2, 0.25) is 11.9 Å². The number of hydrogen-bond donors (Lipinski definition) is 3. The Morgan fingerprint density at radius 2 is 2.07 bits per heavy atom. The highest BCUT2D eigenvalue weighted by Gasteiger charge is 2.29. The summed E-state index contributed by atoms with van der Waals surface area (Å²) in [5.74, 6) is 1.26. The van der Waals surface area contributed by atoms with E-state index < -0.39 is 0 Å². The predicted molar refractivity (Wildman–Crippen MR) is 109 cm³/mol. The van der Waals surface area contributed by atoms with Crippen molar-refractivity contribution in [2.24, 2.45) is 0 Å². The average Bonchev–Trinajstić information content (AvgIpc) is 3.35. The van der Waals surface area contributed by atoms with Crippen LogP contribution in [0.25, 0.3) is 11.1 Å². The van der Waals surface area contributed by atoms with Crippen LogP contribution in [0.1, 0.15) is 45.1 Å².